The van der Waals surface area contributed by atoms with E-state index in [-0.39, 0.29) is 11.6 Å². The van der Waals surface area contributed by atoms with E-state index in [1.165, 1.54) is 4.68 Å². The highest BCUT2D eigenvalue weighted by Gasteiger charge is 2.16. The zero-order chi connectivity index (χ0) is 14.7. The summed E-state index contributed by atoms with van der Waals surface area (Å²) in [6.45, 7) is 4.39. The Balaban J connectivity index is 2.34. The maximum atomic E-state index is 11.3. The fraction of sp³-hybridized carbons (Fsp3) is 0.333. The van der Waals surface area contributed by atoms with E-state index in [1.54, 1.807) is 13.2 Å². The van der Waals surface area contributed by atoms with Gasteiger partial charge in [0.15, 0.2) is 0 Å². The molecule has 1 N–H and O–H groups in total. The van der Waals surface area contributed by atoms with Gasteiger partial charge in [-0.3, -0.25) is 4.68 Å². The van der Waals surface area contributed by atoms with Crippen molar-refractivity contribution in [3.63, 3.8) is 0 Å². The molecule has 2 rings (SSSR count). The molecule has 0 radical (unpaired) electrons. The van der Waals surface area contributed by atoms with E-state index < -0.39 is 5.97 Å². The van der Waals surface area contributed by atoms with Crippen LogP contribution in [0.4, 0.5) is 0 Å². The number of aromatic carboxylic acids is 1. The molecule has 1 aromatic heterocycles. The van der Waals surface area contributed by atoms with Crippen LogP contribution in [-0.4, -0.2) is 28.0 Å². The largest absolute Gasteiger partial charge is 0.497 e. The molecule has 5 heteroatoms. The Kier molecular flexibility index (Phi) is 4.08. The van der Waals surface area contributed by atoms with Gasteiger partial charge in [-0.2, -0.15) is 5.10 Å². The fourth-order valence-electron chi connectivity index (χ4n) is 1.96. The lowest BCUT2D eigenvalue weighted by Gasteiger charge is -2.07. The van der Waals surface area contributed by atoms with Crippen LogP contribution < -0.4 is 4.74 Å². The molecular weight excluding hydrogens is 256 g/mol. The molecule has 0 unspecified atom stereocenters. The topological polar surface area (TPSA) is 64.4 Å². The van der Waals surface area contributed by atoms with Crippen molar-refractivity contribution in [1.29, 1.82) is 0 Å². The van der Waals surface area contributed by atoms with Crippen LogP contribution in [0.1, 0.15) is 41.5 Å². The number of ether oxygens (including phenoxy) is 1. The molecule has 2 aromatic rings. The molecule has 1 aromatic carbocycles. The Labute approximate surface area is 117 Å². The van der Waals surface area contributed by atoms with E-state index in [2.05, 4.69) is 5.10 Å². The Morgan fingerprint density at radius 3 is 2.75 bits per heavy atom. The van der Waals surface area contributed by atoms with Crippen LogP contribution in [0.15, 0.2) is 30.3 Å². The van der Waals surface area contributed by atoms with Crippen molar-refractivity contribution in [3.05, 3.63) is 47.3 Å². The van der Waals surface area contributed by atoms with Crippen LogP contribution in [0, 0.1) is 0 Å². The molecule has 0 bridgehead atoms. The zero-order valence-corrected chi connectivity index (χ0v) is 11.8. The van der Waals surface area contributed by atoms with Crippen LogP contribution in [0.2, 0.25) is 0 Å². The lowest BCUT2D eigenvalue weighted by molar-refractivity contribution is 0.0684. The van der Waals surface area contributed by atoms with Crippen LogP contribution in [0.5, 0.6) is 5.75 Å². The van der Waals surface area contributed by atoms with E-state index in [0.717, 1.165) is 17.0 Å². The van der Waals surface area contributed by atoms with Gasteiger partial charge in [-0.25, -0.2) is 4.79 Å². The molecular formula is C15H18N2O3. The third-order valence-corrected chi connectivity index (χ3v) is 3.08. The lowest BCUT2D eigenvalue weighted by Crippen LogP contribution is -2.11. The minimum Gasteiger partial charge on any atom is -0.497 e. The standard InChI is InChI=1S/C15H18N2O3/c1-10(2)13-8-14(15(18)19)17(16-13)9-11-5-4-6-12(7-11)20-3/h4-8,10H,9H2,1-3H3,(H,18,19). The van der Waals surface area contributed by atoms with Gasteiger partial charge in [0.05, 0.1) is 19.3 Å². The van der Waals surface area contributed by atoms with E-state index >= 15 is 0 Å². The number of hydrogen-bond donors (Lipinski definition) is 1. The molecule has 106 valence electrons. The Bertz CT molecular complexity index is 617. The summed E-state index contributed by atoms with van der Waals surface area (Å²) < 4.78 is 6.69. The summed E-state index contributed by atoms with van der Waals surface area (Å²) in [5, 5.41) is 13.6. The van der Waals surface area contributed by atoms with Gasteiger partial charge in [0.2, 0.25) is 0 Å². The van der Waals surface area contributed by atoms with Gasteiger partial charge in [0.25, 0.3) is 0 Å². The predicted octanol–water partition coefficient (Wildman–Crippen LogP) is 2.76. The van der Waals surface area contributed by atoms with Crippen molar-refractivity contribution in [2.45, 2.75) is 26.3 Å². The van der Waals surface area contributed by atoms with Crippen molar-refractivity contribution >= 4 is 5.97 Å². The molecule has 0 amide bonds. The number of nitrogens with zero attached hydrogens (tertiary/aromatic N) is 2. The third-order valence-electron chi connectivity index (χ3n) is 3.08. The lowest BCUT2D eigenvalue weighted by atomic mass is 10.1. The van der Waals surface area contributed by atoms with Gasteiger partial charge in [0.1, 0.15) is 11.4 Å². The highest BCUT2D eigenvalue weighted by Crippen LogP contribution is 2.18. The zero-order valence-electron chi connectivity index (χ0n) is 11.8. The number of carboxylic acid groups (broad SMARTS) is 1. The van der Waals surface area contributed by atoms with Crippen molar-refractivity contribution in [1.82, 2.24) is 9.78 Å². The van der Waals surface area contributed by atoms with Gasteiger partial charge in [-0.1, -0.05) is 26.0 Å². The van der Waals surface area contributed by atoms with Gasteiger partial charge >= 0.3 is 5.97 Å². The van der Waals surface area contributed by atoms with Crippen LogP contribution in [0.3, 0.4) is 0 Å². The number of carboxylic acids is 1. The minimum absolute atomic E-state index is 0.194. The van der Waals surface area contributed by atoms with E-state index in [1.807, 2.05) is 38.1 Å². The molecule has 20 heavy (non-hydrogen) atoms. The second kappa shape index (κ2) is 5.77. The van der Waals surface area contributed by atoms with Crippen molar-refractivity contribution < 1.29 is 14.6 Å². The molecule has 0 atom stereocenters. The average Bonchev–Trinajstić information content (AvgIpc) is 2.83. The maximum Gasteiger partial charge on any atom is 0.354 e. The molecule has 0 saturated heterocycles. The van der Waals surface area contributed by atoms with E-state index in [0.29, 0.717) is 6.54 Å². The van der Waals surface area contributed by atoms with Crippen molar-refractivity contribution in [2.24, 2.45) is 0 Å². The molecule has 0 saturated carbocycles. The number of rotatable bonds is 5. The Morgan fingerprint density at radius 2 is 2.15 bits per heavy atom. The summed E-state index contributed by atoms with van der Waals surface area (Å²) in [7, 11) is 1.60. The monoisotopic (exact) mass is 274 g/mol. The SMILES string of the molecule is COc1cccc(Cn2nc(C(C)C)cc2C(=O)O)c1. The van der Waals surface area contributed by atoms with E-state index in [9.17, 15) is 9.90 Å². The molecule has 0 aliphatic rings. The molecule has 0 fully saturated rings. The molecule has 1 heterocycles. The van der Waals surface area contributed by atoms with Gasteiger partial charge in [0, 0.05) is 0 Å². The first kappa shape index (κ1) is 14.1. The highest BCUT2D eigenvalue weighted by atomic mass is 16.5. The first-order valence-electron chi connectivity index (χ1n) is 6.45. The molecule has 0 aliphatic heterocycles. The number of carbonyl (C=O) groups is 1. The number of aromatic nitrogens is 2. The first-order chi connectivity index (χ1) is 9.51. The molecule has 0 spiro atoms. The summed E-state index contributed by atoms with van der Waals surface area (Å²) in [5.41, 5.74) is 1.94. The van der Waals surface area contributed by atoms with Crippen LogP contribution in [0.25, 0.3) is 0 Å². The third kappa shape index (κ3) is 2.99. The molecule has 5 nitrogen and oxygen atoms in total. The second-order valence-corrected chi connectivity index (χ2v) is 4.92. The number of methoxy groups -OCH3 is 1. The summed E-state index contributed by atoms with van der Waals surface area (Å²) in [6.07, 6.45) is 0. The number of benzene rings is 1. The minimum atomic E-state index is -0.965. The Hall–Kier alpha value is -2.30. The van der Waals surface area contributed by atoms with Crippen LogP contribution in [-0.2, 0) is 6.54 Å². The van der Waals surface area contributed by atoms with Gasteiger partial charge in [-0.05, 0) is 29.7 Å². The quantitative estimate of drug-likeness (QED) is 0.910. The Morgan fingerprint density at radius 1 is 1.40 bits per heavy atom. The van der Waals surface area contributed by atoms with Crippen molar-refractivity contribution in [3.8, 4) is 5.75 Å². The van der Waals surface area contributed by atoms with Crippen molar-refractivity contribution in [2.75, 3.05) is 7.11 Å². The predicted molar refractivity (Wildman–Crippen MR) is 75.4 cm³/mol. The first-order valence-corrected chi connectivity index (χ1v) is 6.45. The summed E-state index contributed by atoms with van der Waals surface area (Å²) in [6, 6.07) is 9.16. The fourth-order valence-corrected chi connectivity index (χ4v) is 1.96. The summed E-state index contributed by atoms with van der Waals surface area (Å²) >= 11 is 0. The summed E-state index contributed by atoms with van der Waals surface area (Å²) in [4.78, 5) is 11.3. The number of hydrogen-bond acceptors (Lipinski definition) is 3. The average molecular weight is 274 g/mol. The highest BCUT2D eigenvalue weighted by molar-refractivity contribution is 5.85. The molecule has 0 aliphatic carbocycles. The van der Waals surface area contributed by atoms with Gasteiger partial charge < -0.3 is 9.84 Å². The summed E-state index contributed by atoms with van der Waals surface area (Å²) in [5.74, 6) is -0.0254. The smallest absolute Gasteiger partial charge is 0.354 e. The second-order valence-electron chi connectivity index (χ2n) is 4.92. The van der Waals surface area contributed by atoms with Crippen LogP contribution >= 0.6 is 0 Å². The maximum absolute atomic E-state index is 11.3. The van der Waals surface area contributed by atoms with Gasteiger partial charge in [-0.15, -0.1) is 0 Å². The van der Waals surface area contributed by atoms with E-state index in [4.69, 9.17) is 4.74 Å². The normalized spacial score (nSPS) is 10.8.